The van der Waals surface area contributed by atoms with Gasteiger partial charge in [0.2, 0.25) is 11.8 Å². The van der Waals surface area contributed by atoms with Crippen LogP contribution < -0.4 is 0 Å². The minimum atomic E-state index is 0.0954. The van der Waals surface area contributed by atoms with Gasteiger partial charge in [0, 0.05) is 45.8 Å². The quantitative estimate of drug-likeness (QED) is 0.748. The first-order chi connectivity index (χ1) is 13.0. The molecule has 0 saturated carbocycles. The van der Waals surface area contributed by atoms with Crippen LogP contribution in [-0.4, -0.2) is 90.3 Å². The van der Waals surface area contributed by atoms with E-state index in [1.807, 2.05) is 17.0 Å². The van der Waals surface area contributed by atoms with Gasteiger partial charge in [-0.2, -0.15) is 0 Å². The van der Waals surface area contributed by atoms with Crippen LogP contribution >= 0.6 is 0 Å². The molecule has 2 aliphatic rings. The van der Waals surface area contributed by atoms with E-state index in [0.717, 1.165) is 51.3 Å². The third kappa shape index (κ3) is 5.56. The molecule has 1 aromatic rings. The van der Waals surface area contributed by atoms with Crippen molar-refractivity contribution in [3.63, 3.8) is 0 Å². The number of hydrogen-bond acceptors (Lipinski definition) is 5. The highest BCUT2D eigenvalue weighted by Gasteiger charge is 2.27. The highest BCUT2D eigenvalue weighted by atomic mass is 16.3. The Balaban J connectivity index is 1.38. The van der Waals surface area contributed by atoms with Crippen LogP contribution in [0.1, 0.15) is 31.9 Å². The number of amides is 2. The Morgan fingerprint density at radius 3 is 2.44 bits per heavy atom. The van der Waals surface area contributed by atoms with Gasteiger partial charge in [0.25, 0.3) is 0 Å². The average Bonchev–Trinajstić information content (AvgIpc) is 3.16. The summed E-state index contributed by atoms with van der Waals surface area (Å²) in [4.78, 5) is 33.1. The molecule has 0 bridgehead atoms. The number of hydrogen-bond donors (Lipinski definition) is 0. The van der Waals surface area contributed by atoms with Crippen molar-refractivity contribution < 1.29 is 14.0 Å². The molecule has 2 aliphatic heterocycles. The summed E-state index contributed by atoms with van der Waals surface area (Å²) < 4.78 is 5.30. The van der Waals surface area contributed by atoms with Crippen molar-refractivity contribution in [3.8, 4) is 0 Å². The zero-order valence-electron chi connectivity index (χ0n) is 16.6. The van der Waals surface area contributed by atoms with Crippen molar-refractivity contribution in [1.82, 2.24) is 19.6 Å². The molecule has 0 spiro atoms. The van der Waals surface area contributed by atoms with Gasteiger partial charge in [-0.15, -0.1) is 0 Å². The van der Waals surface area contributed by atoms with Crippen molar-refractivity contribution in [2.24, 2.45) is 0 Å². The fourth-order valence-corrected chi connectivity index (χ4v) is 3.89. The number of piperazine rings is 1. The SMILES string of the molecule is CC1CCCCN1C(=O)CN1CCN(CC(=O)N(C)Cc2ccco2)CC1. The van der Waals surface area contributed by atoms with Crippen molar-refractivity contribution >= 4 is 11.8 Å². The first-order valence-corrected chi connectivity index (χ1v) is 10.0. The van der Waals surface area contributed by atoms with E-state index < -0.39 is 0 Å². The molecule has 1 aromatic heterocycles. The lowest BCUT2D eigenvalue weighted by Gasteiger charge is -2.38. The number of nitrogens with zero attached hydrogens (tertiary/aromatic N) is 4. The Hall–Kier alpha value is -1.86. The largest absolute Gasteiger partial charge is 0.467 e. The zero-order valence-corrected chi connectivity index (χ0v) is 16.6. The normalized spacial score (nSPS) is 22.0. The number of likely N-dealkylation sites (N-methyl/N-ethyl adjacent to an activating group) is 1. The van der Waals surface area contributed by atoms with Gasteiger partial charge in [0.1, 0.15) is 5.76 Å². The first-order valence-electron chi connectivity index (χ1n) is 10.0. The molecule has 1 unspecified atom stereocenters. The minimum Gasteiger partial charge on any atom is -0.467 e. The van der Waals surface area contributed by atoms with Crippen LogP contribution in [0.25, 0.3) is 0 Å². The topological polar surface area (TPSA) is 60.2 Å². The molecular formula is C20H32N4O3. The minimum absolute atomic E-state index is 0.0954. The molecule has 0 aromatic carbocycles. The lowest BCUT2D eigenvalue weighted by Crippen LogP contribution is -2.53. The van der Waals surface area contributed by atoms with E-state index in [1.54, 1.807) is 18.2 Å². The predicted molar refractivity (Wildman–Crippen MR) is 103 cm³/mol. The highest BCUT2D eigenvalue weighted by Crippen LogP contribution is 2.17. The Labute approximate surface area is 161 Å². The summed E-state index contributed by atoms with van der Waals surface area (Å²) in [5.74, 6) is 1.14. The lowest BCUT2D eigenvalue weighted by molar-refractivity contribution is -0.137. The van der Waals surface area contributed by atoms with Crippen LogP contribution in [0.5, 0.6) is 0 Å². The smallest absolute Gasteiger partial charge is 0.236 e. The van der Waals surface area contributed by atoms with Gasteiger partial charge >= 0.3 is 0 Å². The highest BCUT2D eigenvalue weighted by molar-refractivity contribution is 5.79. The van der Waals surface area contributed by atoms with Gasteiger partial charge in [-0.3, -0.25) is 19.4 Å². The molecule has 0 radical (unpaired) electrons. The van der Waals surface area contributed by atoms with Crippen molar-refractivity contribution in [3.05, 3.63) is 24.2 Å². The van der Waals surface area contributed by atoms with E-state index in [9.17, 15) is 9.59 Å². The van der Waals surface area contributed by atoms with Crippen LogP contribution in [0.2, 0.25) is 0 Å². The van der Waals surface area contributed by atoms with E-state index in [0.29, 0.717) is 25.7 Å². The summed E-state index contributed by atoms with van der Waals surface area (Å²) in [6.07, 6.45) is 5.09. The van der Waals surface area contributed by atoms with Crippen LogP contribution in [-0.2, 0) is 16.1 Å². The zero-order chi connectivity index (χ0) is 19.2. The van der Waals surface area contributed by atoms with Gasteiger partial charge in [0.05, 0.1) is 25.9 Å². The molecule has 7 nitrogen and oxygen atoms in total. The molecule has 150 valence electrons. The van der Waals surface area contributed by atoms with E-state index >= 15 is 0 Å². The second-order valence-electron chi connectivity index (χ2n) is 7.81. The van der Waals surface area contributed by atoms with E-state index in [4.69, 9.17) is 4.42 Å². The second-order valence-corrected chi connectivity index (χ2v) is 7.81. The van der Waals surface area contributed by atoms with Crippen LogP contribution in [0.4, 0.5) is 0 Å². The standard InChI is InChI=1S/C20H32N4O3/c1-17-6-3-4-8-24(17)20(26)16-23-11-9-22(10-12-23)15-19(25)21(2)14-18-7-5-13-27-18/h5,7,13,17H,3-4,6,8-12,14-16H2,1-2H3. The summed E-state index contributed by atoms with van der Waals surface area (Å²) in [5, 5.41) is 0. The molecule has 2 fully saturated rings. The molecular weight excluding hydrogens is 344 g/mol. The van der Waals surface area contributed by atoms with Crippen LogP contribution in [0, 0.1) is 0 Å². The monoisotopic (exact) mass is 376 g/mol. The van der Waals surface area contributed by atoms with Crippen molar-refractivity contribution in [2.45, 2.75) is 38.8 Å². The van der Waals surface area contributed by atoms with Crippen LogP contribution in [0.3, 0.4) is 0 Å². The van der Waals surface area contributed by atoms with Gasteiger partial charge in [-0.05, 0) is 38.3 Å². The molecule has 2 saturated heterocycles. The molecule has 27 heavy (non-hydrogen) atoms. The molecule has 3 rings (SSSR count). The number of rotatable bonds is 6. The molecule has 3 heterocycles. The van der Waals surface area contributed by atoms with Crippen molar-refractivity contribution in [1.29, 1.82) is 0 Å². The van der Waals surface area contributed by atoms with E-state index in [-0.39, 0.29) is 11.8 Å². The Kier molecular flexibility index (Phi) is 6.90. The average molecular weight is 377 g/mol. The summed E-state index contributed by atoms with van der Waals surface area (Å²) in [6, 6.07) is 4.08. The maximum Gasteiger partial charge on any atom is 0.236 e. The van der Waals surface area contributed by atoms with Crippen molar-refractivity contribution in [2.75, 3.05) is 52.9 Å². The lowest BCUT2D eigenvalue weighted by atomic mass is 10.0. The molecule has 1 atom stereocenters. The van der Waals surface area contributed by atoms with E-state index in [1.165, 1.54) is 6.42 Å². The molecule has 0 aliphatic carbocycles. The summed E-state index contributed by atoms with van der Waals surface area (Å²) in [6.45, 7) is 7.79. The number of furan rings is 1. The predicted octanol–water partition coefficient (Wildman–Crippen LogP) is 1.26. The van der Waals surface area contributed by atoms with E-state index in [2.05, 4.69) is 16.7 Å². The second kappa shape index (κ2) is 9.37. The van der Waals surface area contributed by atoms with Gasteiger partial charge in [-0.1, -0.05) is 0 Å². The summed E-state index contributed by atoms with van der Waals surface area (Å²) in [7, 11) is 1.81. The van der Waals surface area contributed by atoms with Gasteiger partial charge < -0.3 is 14.2 Å². The first kappa shape index (κ1) is 19.9. The number of likely N-dealkylation sites (tertiary alicyclic amines) is 1. The maximum absolute atomic E-state index is 12.6. The Bertz CT molecular complexity index is 611. The summed E-state index contributed by atoms with van der Waals surface area (Å²) in [5.41, 5.74) is 0. The number of carbonyl (C=O) groups excluding carboxylic acids is 2. The number of piperidine rings is 1. The fraction of sp³-hybridized carbons (Fsp3) is 0.700. The fourth-order valence-electron chi connectivity index (χ4n) is 3.89. The third-order valence-corrected chi connectivity index (χ3v) is 5.70. The third-order valence-electron chi connectivity index (χ3n) is 5.70. The van der Waals surface area contributed by atoms with Gasteiger partial charge in [0.15, 0.2) is 0 Å². The van der Waals surface area contributed by atoms with Crippen LogP contribution in [0.15, 0.2) is 22.8 Å². The summed E-state index contributed by atoms with van der Waals surface area (Å²) >= 11 is 0. The van der Waals surface area contributed by atoms with Gasteiger partial charge in [-0.25, -0.2) is 0 Å². The molecule has 0 N–H and O–H groups in total. The maximum atomic E-state index is 12.6. The number of carbonyl (C=O) groups is 2. The molecule has 2 amide bonds. The molecule has 7 heteroatoms. The Morgan fingerprint density at radius 1 is 1.11 bits per heavy atom. The Morgan fingerprint density at radius 2 is 1.81 bits per heavy atom.